The van der Waals surface area contributed by atoms with Crippen LogP contribution in [0.1, 0.15) is 51.3 Å². The van der Waals surface area contributed by atoms with Crippen molar-refractivity contribution in [3.05, 3.63) is 70.3 Å². The van der Waals surface area contributed by atoms with Crippen LogP contribution in [0.4, 0.5) is 0 Å². The number of carbonyl (C=O) groups is 2. The quantitative estimate of drug-likeness (QED) is 0.850. The van der Waals surface area contributed by atoms with Crippen molar-refractivity contribution in [3.8, 4) is 0 Å². The SMILES string of the molecule is Cc1ccc(C(=O)c2ccccc2C(=O)N(C)CC(C)(C)O)cc1C. The molecule has 0 atom stereocenters. The molecule has 0 bridgehead atoms. The zero-order chi connectivity index (χ0) is 18.8. The maximum atomic E-state index is 12.9. The zero-order valence-electron chi connectivity index (χ0n) is 15.5. The summed E-state index contributed by atoms with van der Waals surface area (Å²) < 4.78 is 0. The first-order valence-corrected chi connectivity index (χ1v) is 8.29. The number of benzene rings is 2. The fourth-order valence-corrected chi connectivity index (χ4v) is 2.76. The maximum absolute atomic E-state index is 12.9. The number of likely N-dealkylation sites (N-methyl/N-ethyl adjacent to an activating group) is 1. The summed E-state index contributed by atoms with van der Waals surface area (Å²) in [5, 5.41) is 9.94. The lowest BCUT2D eigenvalue weighted by Gasteiger charge is -2.26. The van der Waals surface area contributed by atoms with Crippen LogP contribution in [-0.4, -0.2) is 40.9 Å². The summed E-state index contributed by atoms with van der Waals surface area (Å²) in [6.07, 6.45) is 0. The molecule has 4 heteroatoms. The van der Waals surface area contributed by atoms with E-state index < -0.39 is 5.60 Å². The van der Waals surface area contributed by atoms with Crippen LogP contribution >= 0.6 is 0 Å². The molecule has 4 nitrogen and oxygen atoms in total. The first-order valence-electron chi connectivity index (χ1n) is 8.29. The van der Waals surface area contributed by atoms with Gasteiger partial charge in [0.2, 0.25) is 0 Å². The molecule has 0 aliphatic carbocycles. The Bertz CT molecular complexity index is 803. The predicted octanol–water partition coefficient (Wildman–Crippen LogP) is 3.38. The van der Waals surface area contributed by atoms with Crippen LogP contribution in [0.3, 0.4) is 0 Å². The van der Waals surface area contributed by atoms with Crippen molar-refractivity contribution >= 4 is 11.7 Å². The van der Waals surface area contributed by atoms with Crippen LogP contribution in [0.2, 0.25) is 0 Å². The van der Waals surface area contributed by atoms with E-state index in [0.29, 0.717) is 16.7 Å². The van der Waals surface area contributed by atoms with Crippen molar-refractivity contribution in [3.63, 3.8) is 0 Å². The number of hydrogen-bond donors (Lipinski definition) is 1. The van der Waals surface area contributed by atoms with Gasteiger partial charge in [-0.15, -0.1) is 0 Å². The van der Waals surface area contributed by atoms with Crippen molar-refractivity contribution < 1.29 is 14.7 Å². The van der Waals surface area contributed by atoms with Gasteiger partial charge in [-0.25, -0.2) is 0 Å². The van der Waals surface area contributed by atoms with E-state index in [-0.39, 0.29) is 18.2 Å². The van der Waals surface area contributed by atoms with Crippen LogP contribution in [0, 0.1) is 13.8 Å². The third-order valence-electron chi connectivity index (χ3n) is 4.14. The Morgan fingerprint density at radius 2 is 1.60 bits per heavy atom. The van der Waals surface area contributed by atoms with Crippen LogP contribution in [0.15, 0.2) is 42.5 Å². The highest BCUT2D eigenvalue weighted by atomic mass is 16.3. The molecule has 0 unspecified atom stereocenters. The summed E-state index contributed by atoms with van der Waals surface area (Å²) in [7, 11) is 1.62. The molecule has 2 aromatic rings. The van der Waals surface area contributed by atoms with Gasteiger partial charge in [0.05, 0.1) is 11.2 Å². The van der Waals surface area contributed by atoms with Crippen molar-refractivity contribution in [2.75, 3.05) is 13.6 Å². The number of hydrogen-bond acceptors (Lipinski definition) is 3. The van der Waals surface area contributed by atoms with Crippen molar-refractivity contribution in [2.24, 2.45) is 0 Å². The smallest absolute Gasteiger partial charge is 0.254 e. The molecule has 0 aliphatic rings. The minimum atomic E-state index is -1.00. The van der Waals surface area contributed by atoms with E-state index in [1.807, 2.05) is 26.0 Å². The van der Waals surface area contributed by atoms with Gasteiger partial charge in [-0.05, 0) is 51.0 Å². The Balaban J connectivity index is 2.38. The summed E-state index contributed by atoms with van der Waals surface area (Å²) in [5.41, 5.74) is 2.43. The zero-order valence-corrected chi connectivity index (χ0v) is 15.5. The van der Waals surface area contributed by atoms with Crippen LogP contribution < -0.4 is 0 Å². The third-order valence-corrected chi connectivity index (χ3v) is 4.14. The summed E-state index contributed by atoms with van der Waals surface area (Å²) in [4.78, 5) is 27.1. The van der Waals surface area contributed by atoms with Gasteiger partial charge in [0.25, 0.3) is 5.91 Å². The molecule has 0 saturated heterocycles. The lowest BCUT2D eigenvalue weighted by atomic mass is 9.95. The van der Waals surface area contributed by atoms with E-state index in [4.69, 9.17) is 0 Å². The van der Waals surface area contributed by atoms with Crippen molar-refractivity contribution in [1.29, 1.82) is 0 Å². The van der Waals surface area contributed by atoms with E-state index in [0.717, 1.165) is 11.1 Å². The average Bonchev–Trinajstić information content (AvgIpc) is 2.54. The highest BCUT2D eigenvalue weighted by Crippen LogP contribution is 2.19. The third kappa shape index (κ3) is 4.54. The molecule has 0 heterocycles. The number of nitrogens with zero attached hydrogens (tertiary/aromatic N) is 1. The second-order valence-corrected chi connectivity index (χ2v) is 7.15. The summed E-state index contributed by atoms with van der Waals surface area (Å²) in [6.45, 7) is 7.41. The number of ketones is 1. The summed E-state index contributed by atoms with van der Waals surface area (Å²) in [5.74, 6) is -0.460. The highest BCUT2D eigenvalue weighted by molar-refractivity contribution is 6.15. The molecule has 1 amide bonds. The Labute approximate surface area is 149 Å². The lowest BCUT2D eigenvalue weighted by Crippen LogP contribution is -2.40. The van der Waals surface area contributed by atoms with Gasteiger partial charge < -0.3 is 10.0 Å². The number of aliphatic hydroxyl groups is 1. The van der Waals surface area contributed by atoms with Crippen molar-refractivity contribution in [1.82, 2.24) is 4.90 Å². The number of aryl methyl sites for hydroxylation is 2. The lowest BCUT2D eigenvalue weighted by molar-refractivity contribution is 0.0367. The monoisotopic (exact) mass is 339 g/mol. The van der Waals surface area contributed by atoms with Gasteiger partial charge in [0.15, 0.2) is 5.78 Å². The van der Waals surface area contributed by atoms with Gasteiger partial charge in [-0.3, -0.25) is 9.59 Å². The number of amides is 1. The Morgan fingerprint density at radius 3 is 2.16 bits per heavy atom. The molecular weight excluding hydrogens is 314 g/mol. The molecule has 2 rings (SSSR count). The van der Waals surface area contributed by atoms with E-state index >= 15 is 0 Å². The van der Waals surface area contributed by atoms with E-state index in [2.05, 4.69) is 0 Å². The van der Waals surface area contributed by atoms with Crippen LogP contribution in [0.5, 0.6) is 0 Å². The summed E-state index contributed by atoms with van der Waals surface area (Å²) >= 11 is 0. The molecular formula is C21H25NO3. The molecule has 0 radical (unpaired) electrons. The Hall–Kier alpha value is -2.46. The van der Waals surface area contributed by atoms with Gasteiger partial charge in [-0.1, -0.05) is 30.3 Å². The Morgan fingerprint density at radius 1 is 1.00 bits per heavy atom. The fourth-order valence-electron chi connectivity index (χ4n) is 2.76. The van der Waals surface area contributed by atoms with Crippen LogP contribution in [-0.2, 0) is 0 Å². The molecule has 0 fully saturated rings. The molecule has 0 saturated carbocycles. The average molecular weight is 339 g/mol. The largest absolute Gasteiger partial charge is 0.389 e. The van der Waals surface area contributed by atoms with E-state index in [1.54, 1.807) is 51.2 Å². The Kier molecular flexibility index (Phi) is 5.43. The highest BCUT2D eigenvalue weighted by Gasteiger charge is 2.24. The first kappa shape index (κ1) is 18.9. The minimum absolute atomic E-state index is 0.177. The molecule has 2 aromatic carbocycles. The molecule has 0 spiro atoms. The van der Waals surface area contributed by atoms with Crippen LogP contribution in [0.25, 0.3) is 0 Å². The van der Waals surface area contributed by atoms with E-state index in [1.165, 1.54) is 4.90 Å². The molecule has 132 valence electrons. The second kappa shape index (κ2) is 7.19. The topological polar surface area (TPSA) is 57.6 Å². The standard InChI is InChI=1S/C21H25NO3/c1-14-10-11-16(12-15(14)2)19(23)17-8-6-7-9-18(17)20(24)22(5)13-21(3,4)25/h6-12,25H,13H2,1-5H3. The number of carbonyl (C=O) groups excluding carboxylic acids is 2. The van der Waals surface area contributed by atoms with Gasteiger partial charge in [0.1, 0.15) is 0 Å². The molecule has 0 aromatic heterocycles. The molecule has 1 N–H and O–H groups in total. The minimum Gasteiger partial charge on any atom is -0.389 e. The van der Waals surface area contributed by atoms with E-state index in [9.17, 15) is 14.7 Å². The first-order chi connectivity index (χ1) is 11.6. The van der Waals surface area contributed by atoms with Gasteiger partial charge in [0, 0.05) is 24.7 Å². The van der Waals surface area contributed by atoms with Crippen molar-refractivity contribution in [2.45, 2.75) is 33.3 Å². The summed E-state index contributed by atoms with van der Waals surface area (Å²) in [6, 6.07) is 12.4. The molecule has 0 aliphatic heterocycles. The second-order valence-electron chi connectivity index (χ2n) is 7.15. The normalized spacial score (nSPS) is 11.3. The van der Waals surface area contributed by atoms with Gasteiger partial charge in [-0.2, -0.15) is 0 Å². The number of rotatable bonds is 5. The van der Waals surface area contributed by atoms with Gasteiger partial charge >= 0.3 is 0 Å². The maximum Gasteiger partial charge on any atom is 0.254 e. The fraction of sp³-hybridized carbons (Fsp3) is 0.333. The predicted molar refractivity (Wildman–Crippen MR) is 99.0 cm³/mol. The molecule has 25 heavy (non-hydrogen) atoms.